The summed E-state index contributed by atoms with van der Waals surface area (Å²) in [6, 6.07) is 15.0. The fourth-order valence-corrected chi connectivity index (χ4v) is 3.34. The topological polar surface area (TPSA) is 116 Å². The Labute approximate surface area is 180 Å². The van der Waals surface area contributed by atoms with Gasteiger partial charge in [0.05, 0.1) is 4.92 Å². The minimum Gasteiger partial charge on any atom is -0.508 e. The van der Waals surface area contributed by atoms with Crippen LogP contribution in [0.1, 0.15) is 49.1 Å². The van der Waals surface area contributed by atoms with Crippen molar-refractivity contribution in [3.63, 3.8) is 0 Å². The van der Waals surface area contributed by atoms with Gasteiger partial charge in [-0.15, -0.1) is 0 Å². The zero-order valence-electron chi connectivity index (χ0n) is 17.5. The first kappa shape index (κ1) is 21.8. The SMILES string of the molecule is CC(C)(C)c1cc([N+](=O)[O-])cc(C=NC(c2ccccc2O)c2ccccc2O)c1O. The van der Waals surface area contributed by atoms with Gasteiger partial charge < -0.3 is 15.3 Å². The van der Waals surface area contributed by atoms with Crippen LogP contribution in [-0.2, 0) is 5.41 Å². The number of non-ortho nitro benzene ring substituents is 1. The highest BCUT2D eigenvalue weighted by Crippen LogP contribution is 2.38. The third kappa shape index (κ3) is 4.66. The summed E-state index contributed by atoms with van der Waals surface area (Å²) in [5.74, 6) is -0.117. The fraction of sp³-hybridized carbons (Fsp3) is 0.208. The van der Waals surface area contributed by atoms with Gasteiger partial charge in [0.25, 0.3) is 5.69 Å². The van der Waals surface area contributed by atoms with Crippen LogP contribution in [-0.4, -0.2) is 26.5 Å². The number of phenols is 3. The molecule has 0 bridgehead atoms. The molecule has 31 heavy (non-hydrogen) atoms. The molecule has 0 unspecified atom stereocenters. The molecule has 0 spiro atoms. The monoisotopic (exact) mass is 420 g/mol. The van der Waals surface area contributed by atoms with E-state index in [9.17, 15) is 25.4 Å². The summed E-state index contributed by atoms with van der Waals surface area (Å²) in [6.07, 6.45) is 1.33. The van der Waals surface area contributed by atoms with E-state index >= 15 is 0 Å². The Morgan fingerprint density at radius 3 is 1.90 bits per heavy atom. The van der Waals surface area contributed by atoms with E-state index in [0.717, 1.165) is 0 Å². The number of hydrogen-bond donors (Lipinski definition) is 3. The number of aromatic hydroxyl groups is 3. The molecule has 0 saturated carbocycles. The fourth-order valence-electron chi connectivity index (χ4n) is 3.34. The van der Waals surface area contributed by atoms with Gasteiger partial charge in [0.15, 0.2) is 0 Å². The van der Waals surface area contributed by atoms with Gasteiger partial charge in [-0.05, 0) is 17.5 Å². The van der Waals surface area contributed by atoms with Gasteiger partial charge in [-0.1, -0.05) is 57.2 Å². The highest BCUT2D eigenvalue weighted by atomic mass is 16.6. The lowest BCUT2D eigenvalue weighted by molar-refractivity contribution is -0.385. The third-order valence-electron chi connectivity index (χ3n) is 4.97. The van der Waals surface area contributed by atoms with Gasteiger partial charge in [-0.25, -0.2) is 0 Å². The molecule has 0 fully saturated rings. The van der Waals surface area contributed by atoms with Crippen molar-refractivity contribution in [3.8, 4) is 17.2 Å². The quantitative estimate of drug-likeness (QED) is 0.297. The standard InChI is InChI=1S/C24H24N2O5/c1-24(2,3)19-13-16(26(30)31)12-15(23(19)29)14-25-22(17-8-4-6-10-20(17)27)18-9-5-7-11-21(18)28/h4-14,22,27-29H,1-3H3. The van der Waals surface area contributed by atoms with Crippen LogP contribution in [0.5, 0.6) is 17.2 Å². The second-order valence-electron chi connectivity index (χ2n) is 8.24. The summed E-state index contributed by atoms with van der Waals surface area (Å²) in [7, 11) is 0. The van der Waals surface area contributed by atoms with Crippen LogP contribution in [0.3, 0.4) is 0 Å². The minimum atomic E-state index is -0.792. The van der Waals surface area contributed by atoms with Gasteiger partial charge >= 0.3 is 0 Å². The molecule has 0 aromatic heterocycles. The number of rotatable bonds is 5. The van der Waals surface area contributed by atoms with Crippen LogP contribution < -0.4 is 0 Å². The number of hydrogen-bond acceptors (Lipinski definition) is 6. The molecule has 0 heterocycles. The Morgan fingerprint density at radius 1 is 0.935 bits per heavy atom. The zero-order valence-corrected chi connectivity index (χ0v) is 17.5. The number of nitro benzene ring substituents is 1. The van der Waals surface area contributed by atoms with E-state index in [-0.39, 0.29) is 28.5 Å². The molecule has 3 aromatic carbocycles. The molecule has 3 rings (SSSR count). The van der Waals surface area contributed by atoms with E-state index in [4.69, 9.17) is 0 Å². The smallest absolute Gasteiger partial charge is 0.270 e. The molecular formula is C24H24N2O5. The second-order valence-corrected chi connectivity index (χ2v) is 8.24. The Balaban J connectivity index is 2.18. The average Bonchev–Trinajstić information content (AvgIpc) is 2.70. The normalized spacial score (nSPS) is 11.9. The minimum absolute atomic E-state index is 0.00783. The maximum atomic E-state index is 11.4. The predicted molar refractivity (Wildman–Crippen MR) is 119 cm³/mol. The van der Waals surface area contributed by atoms with Crippen LogP contribution in [0.2, 0.25) is 0 Å². The summed E-state index contributed by atoms with van der Waals surface area (Å²) in [6.45, 7) is 5.54. The molecule has 3 aromatic rings. The van der Waals surface area contributed by atoms with Crippen LogP contribution in [0.4, 0.5) is 5.69 Å². The largest absolute Gasteiger partial charge is 0.508 e. The Bertz CT molecular complexity index is 1100. The third-order valence-corrected chi connectivity index (χ3v) is 4.97. The summed E-state index contributed by atoms with van der Waals surface area (Å²) in [5, 5.41) is 42.9. The Hall–Kier alpha value is -3.87. The van der Waals surface area contributed by atoms with Crippen molar-refractivity contribution in [1.29, 1.82) is 0 Å². The molecule has 0 atom stereocenters. The van der Waals surface area contributed by atoms with E-state index < -0.39 is 16.4 Å². The summed E-state index contributed by atoms with van der Waals surface area (Å²) < 4.78 is 0. The van der Waals surface area contributed by atoms with E-state index in [2.05, 4.69) is 4.99 Å². The van der Waals surface area contributed by atoms with Crippen molar-refractivity contribution in [2.45, 2.75) is 32.2 Å². The average molecular weight is 420 g/mol. The van der Waals surface area contributed by atoms with E-state index in [1.807, 2.05) is 20.8 Å². The highest BCUT2D eigenvalue weighted by molar-refractivity contribution is 5.86. The van der Waals surface area contributed by atoms with Gasteiger partial charge in [0.2, 0.25) is 0 Å². The van der Waals surface area contributed by atoms with Crippen LogP contribution in [0.15, 0.2) is 65.7 Å². The van der Waals surface area contributed by atoms with Crippen LogP contribution >= 0.6 is 0 Å². The van der Waals surface area contributed by atoms with Gasteiger partial charge in [-0.3, -0.25) is 15.1 Å². The Morgan fingerprint density at radius 2 is 1.45 bits per heavy atom. The van der Waals surface area contributed by atoms with Crippen molar-refractivity contribution in [1.82, 2.24) is 0 Å². The lowest BCUT2D eigenvalue weighted by Gasteiger charge is -2.21. The molecule has 0 aliphatic carbocycles. The van der Waals surface area contributed by atoms with Gasteiger partial charge in [0.1, 0.15) is 23.3 Å². The van der Waals surface area contributed by atoms with Crippen molar-refractivity contribution < 1.29 is 20.2 Å². The maximum absolute atomic E-state index is 11.4. The van der Waals surface area contributed by atoms with Gasteiger partial charge in [0, 0.05) is 40.6 Å². The molecule has 160 valence electrons. The number of para-hydroxylation sites is 2. The number of nitro groups is 1. The maximum Gasteiger partial charge on any atom is 0.270 e. The molecule has 0 aliphatic heterocycles. The number of aliphatic imine (C=N–C) groups is 1. The molecule has 0 radical (unpaired) electrons. The predicted octanol–water partition coefficient (Wildman–Crippen LogP) is 5.22. The van der Waals surface area contributed by atoms with E-state index in [1.54, 1.807) is 36.4 Å². The molecule has 7 nitrogen and oxygen atoms in total. The van der Waals surface area contributed by atoms with E-state index in [0.29, 0.717) is 16.7 Å². The number of phenolic OH excluding ortho intramolecular Hbond substituents is 3. The zero-order chi connectivity index (χ0) is 22.8. The van der Waals surface area contributed by atoms with Crippen molar-refractivity contribution >= 4 is 11.9 Å². The molecule has 7 heteroatoms. The summed E-state index contributed by atoms with van der Waals surface area (Å²) >= 11 is 0. The molecule has 0 amide bonds. The lowest BCUT2D eigenvalue weighted by atomic mass is 9.85. The molecule has 3 N–H and O–H groups in total. The van der Waals surface area contributed by atoms with Crippen molar-refractivity contribution in [3.05, 3.63) is 93.0 Å². The first-order chi connectivity index (χ1) is 14.6. The van der Waals surface area contributed by atoms with Crippen LogP contribution in [0.25, 0.3) is 0 Å². The lowest BCUT2D eigenvalue weighted by Crippen LogP contribution is -2.13. The Kier molecular flexibility index (Phi) is 5.97. The van der Waals surface area contributed by atoms with E-state index in [1.165, 1.54) is 30.5 Å². The first-order valence-corrected chi connectivity index (χ1v) is 9.70. The van der Waals surface area contributed by atoms with Crippen molar-refractivity contribution in [2.24, 2.45) is 4.99 Å². The summed E-state index contributed by atoms with van der Waals surface area (Å²) in [5.41, 5.74) is 0.793. The second kappa shape index (κ2) is 8.47. The number of benzene rings is 3. The first-order valence-electron chi connectivity index (χ1n) is 9.70. The number of nitrogens with zero attached hydrogens (tertiary/aromatic N) is 2. The highest BCUT2D eigenvalue weighted by Gasteiger charge is 2.25. The van der Waals surface area contributed by atoms with Crippen LogP contribution in [0, 0.1) is 10.1 Å². The summed E-state index contributed by atoms with van der Waals surface area (Å²) in [4.78, 5) is 15.4. The molecule has 0 aliphatic rings. The van der Waals surface area contributed by atoms with Crippen molar-refractivity contribution in [2.75, 3.05) is 0 Å². The molecular weight excluding hydrogens is 396 g/mol. The van der Waals surface area contributed by atoms with Gasteiger partial charge in [-0.2, -0.15) is 0 Å². The molecule has 0 saturated heterocycles.